The molecular weight excluding hydrogens is 468 g/mol. The lowest BCUT2D eigenvalue weighted by atomic mass is 10.1. The third-order valence-electron chi connectivity index (χ3n) is 4.90. The van der Waals surface area contributed by atoms with Crippen molar-refractivity contribution in [3.63, 3.8) is 0 Å². The van der Waals surface area contributed by atoms with Crippen LogP contribution in [0.4, 0.5) is 10.7 Å². The van der Waals surface area contributed by atoms with Gasteiger partial charge in [-0.15, -0.1) is 11.3 Å². The van der Waals surface area contributed by atoms with Crippen LogP contribution in [0.3, 0.4) is 0 Å². The van der Waals surface area contributed by atoms with E-state index in [4.69, 9.17) is 9.47 Å². The third-order valence-corrected chi connectivity index (χ3v) is 6.09. The highest BCUT2D eigenvalue weighted by Crippen LogP contribution is 2.34. The lowest BCUT2D eigenvalue weighted by molar-refractivity contribution is -0.386. The number of nitro groups is 1. The molecule has 3 aromatic rings. The molecule has 0 aromatic carbocycles. The first-order chi connectivity index (χ1) is 16.1. The standard InChI is InChI=1S/C20H22N6O7S/c1-6-33-20(29)16-10(2)14(19(28)32-5)18(34-16)21-17(27)13-7-8-24(23-13)9-25-12(4)15(26(30)31)11(3)22-25/h7-8H,6,9H2,1-5H3,(H,21,27). The summed E-state index contributed by atoms with van der Waals surface area (Å²) in [7, 11) is 1.19. The molecule has 0 aliphatic heterocycles. The number of carbonyl (C=O) groups is 3. The molecule has 3 heterocycles. The Kier molecular flexibility index (Phi) is 7.10. The zero-order valence-corrected chi connectivity index (χ0v) is 19.9. The Labute approximate surface area is 197 Å². The predicted octanol–water partition coefficient (Wildman–Crippen LogP) is 2.70. The highest BCUT2D eigenvalue weighted by molar-refractivity contribution is 7.18. The molecule has 1 N–H and O–H groups in total. The number of rotatable bonds is 8. The van der Waals surface area contributed by atoms with Crippen molar-refractivity contribution in [2.75, 3.05) is 19.0 Å². The van der Waals surface area contributed by atoms with E-state index in [-0.39, 0.29) is 45.8 Å². The van der Waals surface area contributed by atoms with Crippen molar-refractivity contribution in [2.45, 2.75) is 34.4 Å². The maximum absolute atomic E-state index is 12.8. The summed E-state index contributed by atoms with van der Waals surface area (Å²) in [4.78, 5) is 48.2. The quantitative estimate of drug-likeness (QED) is 0.284. The van der Waals surface area contributed by atoms with Crippen LogP contribution >= 0.6 is 11.3 Å². The molecule has 0 saturated heterocycles. The fraction of sp³-hybridized carbons (Fsp3) is 0.350. The second kappa shape index (κ2) is 9.82. The van der Waals surface area contributed by atoms with E-state index in [2.05, 4.69) is 15.5 Å². The summed E-state index contributed by atoms with van der Waals surface area (Å²) in [5.41, 5.74) is 0.961. The summed E-state index contributed by atoms with van der Waals surface area (Å²) in [6, 6.07) is 1.44. The number of thiophene rings is 1. The average molecular weight is 490 g/mol. The number of nitrogens with zero attached hydrogens (tertiary/aromatic N) is 5. The minimum atomic E-state index is -0.712. The van der Waals surface area contributed by atoms with Gasteiger partial charge in [-0.3, -0.25) is 19.6 Å². The van der Waals surface area contributed by atoms with Gasteiger partial charge in [-0.2, -0.15) is 10.2 Å². The maximum Gasteiger partial charge on any atom is 0.348 e. The van der Waals surface area contributed by atoms with Crippen LogP contribution in [-0.2, 0) is 16.1 Å². The lowest BCUT2D eigenvalue weighted by Gasteiger charge is -2.05. The third kappa shape index (κ3) is 4.66. The number of ether oxygens (including phenoxy) is 2. The van der Waals surface area contributed by atoms with Gasteiger partial charge in [0.05, 0.1) is 24.2 Å². The van der Waals surface area contributed by atoms with E-state index >= 15 is 0 Å². The molecule has 0 spiro atoms. The van der Waals surface area contributed by atoms with Crippen molar-refractivity contribution < 1.29 is 28.8 Å². The van der Waals surface area contributed by atoms with E-state index in [0.29, 0.717) is 11.3 Å². The van der Waals surface area contributed by atoms with E-state index in [1.54, 1.807) is 20.8 Å². The summed E-state index contributed by atoms with van der Waals surface area (Å²) in [6.45, 7) is 6.53. The van der Waals surface area contributed by atoms with Gasteiger partial charge in [-0.25, -0.2) is 14.3 Å². The molecule has 0 unspecified atom stereocenters. The number of hydrogen-bond acceptors (Lipinski definition) is 10. The topological polar surface area (TPSA) is 160 Å². The van der Waals surface area contributed by atoms with E-state index in [1.807, 2.05) is 0 Å². The molecule has 0 fully saturated rings. The van der Waals surface area contributed by atoms with Crippen LogP contribution in [-0.4, -0.2) is 56.0 Å². The molecule has 0 radical (unpaired) electrons. The first-order valence-corrected chi connectivity index (χ1v) is 10.8. The number of esters is 2. The Balaban J connectivity index is 1.84. The number of carbonyl (C=O) groups excluding carboxylic acids is 3. The van der Waals surface area contributed by atoms with Crippen molar-refractivity contribution in [1.29, 1.82) is 0 Å². The van der Waals surface area contributed by atoms with Crippen molar-refractivity contribution >= 4 is 39.9 Å². The van der Waals surface area contributed by atoms with Crippen molar-refractivity contribution in [2.24, 2.45) is 0 Å². The summed E-state index contributed by atoms with van der Waals surface area (Å²) in [5.74, 6) is -1.95. The summed E-state index contributed by atoms with van der Waals surface area (Å²) in [5, 5.41) is 22.3. The van der Waals surface area contributed by atoms with Crippen LogP contribution in [0.15, 0.2) is 12.3 Å². The van der Waals surface area contributed by atoms with Gasteiger partial charge >= 0.3 is 17.6 Å². The van der Waals surface area contributed by atoms with Crippen molar-refractivity contribution in [3.8, 4) is 0 Å². The van der Waals surface area contributed by atoms with Crippen molar-refractivity contribution in [1.82, 2.24) is 19.6 Å². The zero-order chi connectivity index (χ0) is 25.2. The molecule has 180 valence electrons. The van der Waals surface area contributed by atoms with Gasteiger partial charge in [0.15, 0.2) is 5.69 Å². The lowest BCUT2D eigenvalue weighted by Crippen LogP contribution is -2.16. The molecule has 0 atom stereocenters. The number of hydrogen-bond donors (Lipinski definition) is 1. The Hall–Kier alpha value is -4.07. The number of methoxy groups -OCH3 is 1. The molecule has 0 aliphatic carbocycles. The van der Waals surface area contributed by atoms with Gasteiger partial charge in [0.25, 0.3) is 5.91 Å². The molecule has 0 aliphatic rings. The molecule has 1 amide bonds. The summed E-state index contributed by atoms with van der Waals surface area (Å²) >= 11 is 0.899. The van der Waals surface area contributed by atoms with Gasteiger partial charge < -0.3 is 14.8 Å². The molecule has 0 saturated carbocycles. The number of amides is 1. The molecule has 0 bridgehead atoms. The first kappa shape index (κ1) is 24.6. The molecule has 3 aromatic heterocycles. The second-order valence-corrected chi connectivity index (χ2v) is 8.11. The number of aryl methyl sites for hydroxylation is 1. The molecule has 34 heavy (non-hydrogen) atoms. The number of nitrogens with one attached hydrogen (secondary N) is 1. The maximum atomic E-state index is 12.8. The van der Waals surface area contributed by atoms with E-state index < -0.39 is 22.8 Å². The first-order valence-electron chi connectivity index (χ1n) is 10.0. The van der Waals surface area contributed by atoms with Gasteiger partial charge in [0.1, 0.15) is 27.9 Å². The fourth-order valence-corrected chi connectivity index (χ4v) is 4.38. The summed E-state index contributed by atoms with van der Waals surface area (Å²) in [6.07, 6.45) is 1.52. The highest BCUT2D eigenvalue weighted by Gasteiger charge is 2.28. The molecule has 13 nitrogen and oxygen atoms in total. The van der Waals surface area contributed by atoms with Crippen LogP contribution in [0.25, 0.3) is 0 Å². The van der Waals surface area contributed by atoms with Gasteiger partial charge in [0, 0.05) is 6.20 Å². The van der Waals surface area contributed by atoms with Gasteiger partial charge in [0.2, 0.25) is 0 Å². The largest absolute Gasteiger partial charge is 0.465 e. The Morgan fingerprint density at radius 2 is 1.91 bits per heavy atom. The monoisotopic (exact) mass is 490 g/mol. The Bertz CT molecular complexity index is 1290. The minimum absolute atomic E-state index is 0.0237. The van der Waals surface area contributed by atoms with Crippen LogP contribution < -0.4 is 5.32 Å². The van der Waals surface area contributed by atoms with E-state index in [9.17, 15) is 24.5 Å². The van der Waals surface area contributed by atoms with Crippen LogP contribution in [0.5, 0.6) is 0 Å². The van der Waals surface area contributed by atoms with Gasteiger partial charge in [-0.1, -0.05) is 0 Å². The Morgan fingerprint density at radius 3 is 2.50 bits per heavy atom. The predicted molar refractivity (Wildman–Crippen MR) is 120 cm³/mol. The minimum Gasteiger partial charge on any atom is -0.465 e. The van der Waals surface area contributed by atoms with E-state index in [0.717, 1.165) is 11.3 Å². The smallest absolute Gasteiger partial charge is 0.348 e. The highest BCUT2D eigenvalue weighted by atomic mass is 32.1. The molecule has 3 rings (SSSR count). The van der Waals surface area contributed by atoms with Crippen molar-refractivity contribution in [3.05, 3.63) is 55.5 Å². The fourth-order valence-electron chi connectivity index (χ4n) is 3.30. The van der Waals surface area contributed by atoms with Gasteiger partial charge in [-0.05, 0) is 39.3 Å². The SMILES string of the molecule is CCOC(=O)c1sc(NC(=O)c2ccn(Cn3nc(C)c([N+](=O)[O-])c3C)n2)c(C(=O)OC)c1C. The zero-order valence-electron chi connectivity index (χ0n) is 19.1. The van der Waals surface area contributed by atoms with Crippen LogP contribution in [0.2, 0.25) is 0 Å². The normalized spacial score (nSPS) is 10.7. The molecule has 14 heteroatoms. The Morgan fingerprint density at radius 1 is 1.21 bits per heavy atom. The van der Waals surface area contributed by atoms with Crippen LogP contribution in [0.1, 0.15) is 54.4 Å². The number of aromatic nitrogens is 4. The number of anilines is 1. The molecular formula is C20H22N6O7S. The summed E-state index contributed by atoms with van der Waals surface area (Å²) < 4.78 is 12.6. The average Bonchev–Trinajstić information content (AvgIpc) is 3.44. The van der Waals surface area contributed by atoms with Crippen LogP contribution in [0, 0.1) is 30.9 Å². The van der Waals surface area contributed by atoms with E-state index in [1.165, 1.54) is 35.7 Å². The second-order valence-electron chi connectivity index (χ2n) is 7.08.